The zero-order chi connectivity index (χ0) is 15.2. The van der Waals surface area contributed by atoms with E-state index < -0.39 is 0 Å². The summed E-state index contributed by atoms with van der Waals surface area (Å²) in [4.78, 5) is 13.8. The zero-order valence-corrected chi connectivity index (χ0v) is 13.7. The van der Waals surface area contributed by atoms with Crippen molar-refractivity contribution in [3.8, 4) is 0 Å². The monoisotopic (exact) mass is 358 g/mol. The standard InChI is InChI=1S/C15H20BrFN2O2/c1-11(13-3-2-12(17)10-14(13)16)18-5-4-15(20)19-6-8-21-9-7-19/h2-3,10-11,18H,4-9H2,1H3. The summed E-state index contributed by atoms with van der Waals surface area (Å²) in [5.41, 5.74) is 0.982. The van der Waals surface area contributed by atoms with E-state index in [1.807, 2.05) is 11.8 Å². The molecule has 0 aromatic heterocycles. The summed E-state index contributed by atoms with van der Waals surface area (Å²) in [6, 6.07) is 4.70. The number of hydrogen-bond acceptors (Lipinski definition) is 3. The third-order valence-electron chi connectivity index (χ3n) is 3.58. The van der Waals surface area contributed by atoms with Crippen LogP contribution in [0.15, 0.2) is 22.7 Å². The molecule has 1 aromatic carbocycles. The van der Waals surface area contributed by atoms with E-state index in [2.05, 4.69) is 21.2 Å². The van der Waals surface area contributed by atoms with Gasteiger partial charge in [-0.3, -0.25) is 4.79 Å². The first kappa shape index (κ1) is 16.4. The quantitative estimate of drug-likeness (QED) is 0.878. The first-order valence-corrected chi connectivity index (χ1v) is 7.91. The molecule has 1 heterocycles. The summed E-state index contributed by atoms with van der Waals surface area (Å²) >= 11 is 3.36. The molecule has 1 aromatic rings. The fourth-order valence-electron chi connectivity index (χ4n) is 2.33. The molecule has 1 aliphatic rings. The Morgan fingerprint density at radius 3 is 2.86 bits per heavy atom. The Morgan fingerprint density at radius 1 is 1.48 bits per heavy atom. The van der Waals surface area contributed by atoms with E-state index in [0.29, 0.717) is 39.3 Å². The van der Waals surface area contributed by atoms with Gasteiger partial charge in [0.25, 0.3) is 0 Å². The van der Waals surface area contributed by atoms with E-state index in [0.717, 1.165) is 10.0 Å². The Kier molecular flexibility index (Phi) is 6.14. The molecule has 0 radical (unpaired) electrons. The molecule has 1 unspecified atom stereocenters. The summed E-state index contributed by atoms with van der Waals surface area (Å²) in [7, 11) is 0. The number of carbonyl (C=O) groups excluding carboxylic acids is 1. The van der Waals surface area contributed by atoms with Gasteiger partial charge in [-0.25, -0.2) is 4.39 Å². The first-order valence-electron chi connectivity index (χ1n) is 7.12. The number of carbonyl (C=O) groups is 1. The van der Waals surface area contributed by atoms with Gasteiger partial charge >= 0.3 is 0 Å². The van der Waals surface area contributed by atoms with E-state index in [-0.39, 0.29) is 17.8 Å². The minimum absolute atomic E-state index is 0.0532. The summed E-state index contributed by atoms with van der Waals surface area (Å²) in [5, 5.41) is 3.30. The average molecular weight is 359 g/mol. The van der Waals surface area contributed by atoms with Gasteiger partial charge in [0.05, 0.1) is 13.2 Å². The lowest BCUT2D eigenvalue weighted by molar-refractivity contribution is -0.135. The largest absolute Gasteiger partial charge is 0.378 e. The van der Waals surface area contributed by atoms with Crippen LogP contribution in [-0.2, 0) is 9.53 Å². The SMILES string of the molecule is CC(NCCC(=O)N1CCOCC1)c1ccc(F)cc1Br. The van der Waals surface area contributed by atoms with Crippen LogP contribution in [0.5, 0.6) is 0 Å². The van der Waals surface area contributed by atoms with Crippen molar-refractivity contribution in [2.45, 2.75) is 19.4 Å². The van der Waals surface area contributed by atoms with Crippen molar-refractivity contribution in [2.75, 3.05) is 32.8 Å². The Bertz CT molecular complexity index is 493. The number of hydrogen-bond donors (Lipinski definition) is 1. The van der Waals surface area contributed by atoms with Gasteiger partial charge in [0.15, 0.2) is 0 Å². The van der Waals surface area contributed by atoms with Gasteiger partial charge in [-0.1, -0.05) is 22.0 Å². The van der Waals surface area contributed by atoms with Crippen LogP contribution in [0.25, 0.3) is 0 Å². The molecule has 0 saturated carbocycles. The molecule has 6 heteroatoms. The summed E-state index contributed by atoms with van der Waals surface area (Å²) in [6.07, 6.45) is 0.461. The molecule has 1 fully saturated rings. The van der Waals surface area contributed by atoms with Gasteiger partial charge in [-0.05, 0) is 24.6 Å². The first-order chi connectivity index (χ1) is 10.1. The molecule has 1 saturated heterocycles. The Hall–Kier alpha value is -0.980. The maximum atomic E-state index is 13.1. The summed E-state index contributed by atoms with van der Waals surface area (Å²) < 4.78 is 19.0. The highest BCUT2D eigenvalue weighted by Gasteiger charge is 2.17. The van der Waals surface area contributed by atoms with Gasteiger partial charge in [-0.2, -0.15) is 0 Å². The van der Waals surface area contributed by atoms with Crippen molar-refractivity contribution < 1.29 is 13.9 Å². The summed E-state index contributed by atoms with van der Waals surface area (Å²) in [6.45, 7) is 5.20. The molecule has 0 aliphatic carbocycles. The number of rotatable bonds is 5. The van der Waals surface area contributed by atoms with Gasteiger partial charge in [0.2, 0.25) is 5.91 Å². The number of nitrogens with zero attached hydrogens (tertiary/aromatic N) is 1. The van der Waals surface area contributed by atoms with Gasteiger partial charge in [0.1, 0.15) is 5.82 Å². The molecule has 2 rings (SSSR count). The van der Waals surface area contributed by atoms with E-state index in [4.69, 9.17) is 4.74 Å². The maximum absolute atomic E-state index is 13.1. The minimum Gasteiger partial charge on any atom is -0.378 e. The zero-order valence-electron chi connectivity index (χ0n) is 12.1. The molecule has 0 spiro atoms. The number of amides is 1. The smallest absolute Gasteiger partial charge is 0.224 e. The van der Waals surface area contributed by atoms with Crippen LogP contribution < -0.4 is 5.32 Å². The van der Waals surface area contributed by atoms with Crippen molar-refractivity contribution in [1.82, 2.24) is 10.2 Å². The number of nitrogens with one attached hydrogen (secondary N) is 1. The highest BCUT2D eigenvalue weighted by atomic mass is 79.9. The number of morpholine rings is 1. The molecule has 0 bridgehead atoms. The fourth-order valence-corrected chi connectivity index (χ4v) is 3.02. The minimum atomic E-state index is -0.264. The van der Waals surface area contributed by atoms with Crippen LogP contribution in [0.2, 0.25) is 0 Å². The number of ether oxygens (including phenoxy) is 1. The van der Waals surface area contributed by atoms with Crippen molar-refractivity contribution in [3.63, 3.8) is 0 Å². The van der Waals surface area contributed by atoms with Gasteiger partial charge in [0, 0.05) is 36.6 Å². The van der Waals surface area contributed by atoms with Crippen molar-refractivity contribution >= 4 is 21.8 Å². The van der Waals surface area contributed by atoms with E-state index in [1.54, 1.807) is 6.07 Å². The third kappa shape index (κ3) is 4.76. The predicted molar refractivity (Wildman–Crippen MR) is 82.5 cm³/mol. The van der Waals surface area contributed by atoms with Gasteiger partial charge in [-0.15, -0.1) is 0 Å². The third-order valence-corrected chi connectivity index (χ3v) is 4.27. The highest BCUT2D eigenvalue weighted by Crippen LogP contribution is 2.24. The Morgan fingerprint density at radius 2 is 2.19 bits per heavy atom. The van der Waals surface area contributed by atoms with E-state index in [9.17, 15) is 9.18 Å². The molecule has 1 aliphatic heterocycles. The lowest BCUT2D eigenvalue weighted by atomic mass is 10.1. The lowest BCUT2D eigenvalue weighted by Crippen LogP contribution is -2.41. The van der Waals surface area contributed by atoms with Crippen LogP contribution >= 0.6 is 15.9 Å². The van der Waals surface area contributed by atoms with Crippen LogP contribution in [0, 0.1) is 5.82 Å². The van der Waals surface area contributed by atoms with Crippen molar-refractivity contribution in [3.05, 3.63) is 34.1 Å². The van der Waals surface area contributed by atoms with E-state index in [1.165, 1.54) is 12.1 Å². The van der Waals surface area contributed by atoms with Crippen LogP contribution in [0.3, 0.4) is 0 Å². The topological polar surface area (TPSA) is 41.6 Å². The highest BCUT2D eigenvalue weighted by molar-refractivity contribution is 9.10. The predicted octanol–water partition coefficient (Wildman–Crippen LogP) is 2.49. The van der Waals surface area contributed by atoms with Crippen molar-refractivity contribution in [1.29, 1.82) is 0 Å². The molecule has 1 atom stereocenters. The van der Waals surface area contributed by atoms with Gasteiger partial charge < -0.3 is 15.0 Å². The average Bonchev–Trinajstić information content (AvgIpc) is 2.47. The second-order valence-corrected chi connectivity index (χ2v) is 5.94. The molecule has 1 amide bonds. The number of halogens is 2. The van der Waals surface area contributed by atoms with Crippen LogP contribution in [0.1, 0.15) is 24.9 Å². The Balaban J connectivity index is 1.78. The molecule has 4 nitrogen and oxygen atoms in total. The fraction of sp³-hybridized carbons (Fsp3) is 0.533. The maximum Gasteiger partial charge on any atom is 0.224 e. The normalized spacial score (nSPS) is 16.8. The second kappa shape index (κ2) is 7.87. The van der Waals surface area contributed by atoms with Crippen LogP contribution in [0.4, 0.5) is 4.39 Å². The summed E-state index contributed by atoms with van der Waals surface area (Å²) in [5.74, 6) is -0.114. The lowest BCUT2D eigenvalue weighted by Gasteiger charge is -2.27. The molecular weight excluding hydrogens is 339 g/mol. The second-order valence-electron chi connectivity index (χ2n) is 5.08. The molecule has 21 heavy (non-hydrogen) atoms. The van der Waals surface area contributed by atoms with Crippen molar-refractivity contribution in [2.24, 2.45) is 0 Å². The molecule has 1 N–H and O–H groups in total. The van der Waals surface area contributed by atoms with Crippen LogP contribution in [-0.4, -0.2) is 43.7 Å². The van der Waals surface area contributed by atoms with E-state index >= 15 is 0 Å². The number of benzene rings is 1. The Labute approximate surface area is 132 Å². The molecular formula is C15H20BrFN2O2. The molecule has 116 valence electrons.